The molecule has 3 heteroatoms. The lowest BCUT2D eigenvalue weighted by Gasteiger charge is -2.29. The van der Waals surface area contributed by atoms with Crippen LogP contribution in [0.2, 0.25) is 0 Å². The summed E-state index contributed by atoms with van der Waals surface area (Å²) in [7, 11) is 0. The molecule has 2 aliphatic carbocycles. The predicted octanol–water partition coefficient (Wildman–Crippen LogP) is 4.57. The minimum absolute atomic E-state index is 0.123. The number of thiazole rings is 1. The molecule has 0 aliphatic heterocycles. The Kier molecular flexibility index (Phi) is 4.46. The predicted molar refractivity (Wildman–Crippen MR) is 86.4 cm³/mol. The van der Waals surface area contributed by atoms with E-state index in [0.717, 1.165) is 6.04 Å². The molecule has 1 aromatic rings. The fourth-order valence-corrected chi connectivity index (χ4v) is 4.52. The topological polar surface area (TPSA) is 24.9 Å². The second-order valence-electron chi connectivity index (χ2n) is 6.80. The number of hydrogen-bond donors (Lipinski definition) is 1. The molecule has 112 valence electrons. The zero-order chi connectivity index (χ0) is 14.0. The number of aromatic nitrogens is 1. The van der Waals surface area contributed by atoms with E-state index in [0.29, 0.717) is 0 Å². The third-order valence-electron chi connectivity index (χ3n) is 4.70. The monoisotopic (exact) mass is 292 g/mol. The van der Waals surface area contributed by atoms with Gasteiger partial charge in [0, 0.05) is 10.9 Å². The Morgan fingerprint density at radius 2 is 2.05 bits per heavy atom. The van der Waals surface area contributed by atoms with E-state index in [1.54, 1.807) is 4.88 Å². The highest BCUT2D eigenvalue weighted by atomic mass is 32.1. The van der Waals surface area contributed by atoms with Crippen molar-refractivity contribution in [1.82, 2.24) is 10.3 Å². The highest BCUT2D eigenvalue weighted by Gasteiger charge is 2.36. The van der Waals surface area contributed by atoms with Crippen molar-refractivity contribution in [1.29, 1.82) is 0 Å². The summed E-state index contributed by atoms with van der Waals surface area (Å²) in [6, 6.07) is 0.752. The molecule has 1 atom stereocenters. The average molecular weight is 292 g/mol. The molecule has 0 amide bonds. The van der Waals surface area contributed by atoms with Crippen molar-refractivity contribution in [3.05, 3.63) is 15.6 Å². The number of nitrogens with zero attached hydrogens (tertiary/aromatic N) is 1. The quantitative estimate of drug-likeness (QED) is 0.745. The Morgan fingerprint density at radius 1 is 1.25 bits per heavy atom. The minimum atomic E-state index is 0.123. The highest BCUT2D eigenvalue weighted by Crippen LogP contribution is 2.37. The fourth-order valence-electron chi connectivity index (χ4n) is 3.24. The smallest absolute Gasteiger partial charge is 0.113 e. The van der Waals surface area contributed by atoms with Gasteiger partial charge in [-0.15, -0.1) is 11.3 Å². The van der Waals surface area contributed by atoms with Gasteiger partial charge in [-0.1, -0.05) is 26.2 Å². The second kappa shape index (κ2) is 6.15. The van der Waals surface area contributed by atoms with Crippen molar-refractivity contribution < 1.29 is 0 Å². The number of nitrogens with one attached hydrogen (secondary N) is 1. The molecule has 1 saturated carbocycles. The molecule has 0 bridgehead atoms. The molecule has 2 aliphatic rings. The van der Waals surface area contributed by atoms with Crippen molar-refractivity contribution in [2.45, 2.75) is 89.6 Å². The lowest BCUT2D eigenvalue weighted by molar-refractivity contribution is 0.322. The zero-order valence-corrected chi connectivity index (χ0v) is 13.8. The van der Waals surface area contributed by atoms with Crippen molar-refractivity contribution in [2.75, 3.05) is 0 Å². The molecule has 1 N–H and O–H groups in total. The first-order valence-corrected chi connectivity index (χ1v) is 9.29. The van der Waals surface area contributed by atoms with Crippen LogP contribution in [-0.2, 0) is 18.4 Å². The van der Waals surface area contributed by atoms with Crippen LogP contribution >= 0.6 is 11.3 Å². The lowest BCUT2D eigenvalue weighted by atomic mass is 9.94. The summed E-state index contributed by atoms with van der Waals surface area (Å²) < 4.78 is 0. The molecule has 0 radical (unpaired) electrons. The van der Waals surface area contributed by atoms with Crippen LogP contribution in [0.4, 0.5) is 0 Å². The van der Waals surface area contributed by atoms with Gasteiger partial charge in [0.05, 0.1) is 11.2 Å². The summed E-state index contributed by atoms with van der Waals surface area (Å²) in [4.78, 5) is 6.61. The van der Waals surface area contributed by atoms with E-state index < -0.39 is 0 Å². The third kappa shape index (κ3) is 3.25. The molecule has 0 spiro atoms. The summed E-state index contributed by atoms with van der Waals surface area (Å²) in [5.74, 6) is 0. The Bertz CT molecular complexity index is 426. The number of rotatable bonds is 7. The van der Waals surface area contributed by atoms with Gasteiger partial charge in [-0.25, -0.2) is 4.98 Å². The first-order valence-electron chi connectivity index (χ1n) is 8.48. The number of hydrogen-bond acceptors (Lipinski definition) is 3. The van der Waals surface area contributed by atoms with E-state index in [-0.39, 0.29) is 5.54 Å². The van der Waals surface area contributed by atoms with E-state index in [1.165, 1.54) is 74.9 Å². The summed E-state index contributed by atoms with van der Waals surface area (Å²) in [5, 5.41) is 5.27. The Labute approximate surface area is 127 Å². The van der Waals surface area contributed by atoms with Gasteiger partial charge in [0.25, 0.3) is 0 Å². The second-order valence-corrected chi connectivity index (χ2v) is 7.89. The molecule has 2 nitrogen and oxygen atoms in total. The van der Waals surface area contributed by atoms with Crippen molar-refractivity contribution in [2.24, 2.45) is 0 Å². The van der Waals surface area contributed by atoms with E-state index in [9.17, 15) is 0 Å². The lowest BCUT2D eigenvalue weighted by Crippen LogP contribution is -2.41. The van der Waals surface area contributed by atoms with Gasteiger partial charge in [0.1, 0.15) is 5.01 Å². The van der Waals surface area contributed by atoms with Gasteiger partial charge in [0.15, 0.2) is 0 Å². The van der Waals surface area contributed by atoms with E-state index in [1.807, 2.05) is 11.3 Å². The Balaban J connectivity index is 1.77. The van der Waals surface area contributed by atoms with Gasteiger partial charge in [0.2, 0.25) is 0 Å². The summed E-state index contributed by atoms with van der Waals surface area (Å²) in [6.07, 6.45) is 13.1. The SMILES string of the molecule is CCCCCC(C)(NC1CC1)c1nc2c(s1)CCCC2. The molecule has 1 fully saturated rings. The number of aryl methyl sites for hydroxylation is 2. The molecule has 1 heterocycles. The van der Waals surface area contributed by atoms with Gasteiger partial charge in [-0.3, -0.25) is 0 Å². The van der Waals surface area contributed by atoms with Crippen LogP contribution in [0.1, 0.15) is 80.8 Å². The highest BCUT2D eigenvalue weighted by molar-refractivity contribution is 7.11. The third-order valence-corrected chi connectivity index (χ3v) is 6.12. The van der Waals surface area contributed by atoms with E-state index in [2.05, 4.69) is 19.2 Å². The van der Waals surface area contributed by atoms with Crippen molar-refractivity contribution >= 4 is 11.3 Å². The van der Waals surface area contributed by atoms with Gasteiger partial charge in [-0.2, -0.15) is 0 Å². The van der Waals surface area contributed by atoms with Gasteiger partial charge >= 0.3 is 0 Å². The van der Waals surface area contributed by atoms with Gasteiger partial charge < -0.3 is 5.32 Å². The summed E-state index contributed by atoms with van der Waals surface area (Å²) in [6.45, 7) is 4.68. The Hall–Kier alpha value is -0.410. The molecule has 3 rings (SSSR count). The summed E-state index contributed by atoms with van der Waals surface area (Å²) in [5.41, 5.74) is 1.54. The van der Waals surface area contributed by atoms with Gasteiger partial charge in [-0.05, 0) is 51.9 Å². The largest absolute Gasteiger partial charge is 0.303 e. The van der Waals surface area contributed by atoms with Crippen LogP contribution in [0.5, 0.6) is 0 Å². The van der Waals surface area contributed by atoms with Crippen LogP contribution in [0.3, 0.4) is 0 Å². The molecule has 1 unspecified atom stereocenters. The van der Waals surface area contributed by atoms with Crippen molar-refractivity contribution in [3.8, 4) is 0 Å². The molecule has 1 aromatic heterocycles. The van der Waals surface area contributed by atoms with Crippen LogP contribution in [-0.4, -0.2) is 11.0 Å². The fraction of sp³-hybridized carbons (Fsp3) is 0.824. The minimum Gasteiger partial charge on any atom is -0.303 e. The normalized spacial score (nSPS) is 21.5. The maximum atomic E-state index is 5.04. The first-order chi connectivity index (χ1) is 9.71. The molecule has 0 saturated heterocycles. The Morgan fingerprint density at radius 3 is 2.75 bits per heavy atom. The van der Waals surface area contributed by atoms with E-state index >= 15 is 0 Å². The number of unbranched alkanes of at least 4 members (excludes halogenated alkanes) is 2. The van der Waals surface area contributed by atoms with Crippen LogP contribution in [0, 0.1) is 0 Å². The maximum Gasteiger partial charge on any atom is 0.113 e. The van der Waals surface area contributed by atoms with Crippen molar-refractivity contribution in [3.63, 3.8) is 0 Å². The number of fused-ring (bicyclic) bond motifs is 1. The molecular weight excluding hydrogens is 264 g/mol. The van der Waals surface area contributed by atoms with Crippen LogP contribution in [0.25, 0.3) is 0 Å². The van der Waals surface area contributed by atoms with E-state index in [4.69, 9.17) is 4.98 Å². The molecule has 20 heavy (non-hydrogen) atoms. The first kappa shape index (κ1) is 14.5. The van der Waals surface area contributed by atoms with Crippen LogP contribution in [0.15, 0.2) is 0 Å². The maximum absolute atomic E-state index is 5.04. The standard InChI is InChI=1S/C17H28N2S/c1-3-4-7-12-17(2,19-13-10-11-13)16-18-14-8-5-6-9-15(14)20-16/h13,19H,3-12H2,1-2H3. The zero-order valence-electron chi connectivity index (χ0n) is 13.0. The average Bonchev–Trinajstić information content (AvgIpc) is 3.13. The van der Waals surface area contributed by atoms with Crippen LogP contribution < -0.4 is 5.32 Å². The summed E-state index contributed by atoms with van der Waals surface area (Å²) >= 11 is 2.00. The molecular formula is C17H28N2S. The molecule has 0 aromatic carbocycles.